The van der Waals surface area contributed by atoms with Crippen LogP contribution in [0.25, 0.3) is 16.7 Å². The molecule has 0 fully saturated rings. The van der Waals surface area contributed by atoms with Gasteiger partial charge in [0.1, 0.15) is 17.1 Å². The van der Waals surface area contributed by atoms with Crippen LogP contribution in [0, 0.1) is 0 Å². The Kier molecular flexibility index (Phi) is 4.42. The maximum Gasteiger partial charge on any atom is 0.344 e. The summed E-state index contributed by atoms with van der Waals surface area (Å²) in [4.78, 5) is 12.9. The first-order chi connectivity index (χ1) is 14.1. The molecule has 4 aromatic rings. The fraction of sp³-hybridized carbons (Fsp3) is 0.0417. The standard InChI is InChI=1S/C24H14Cl2O3/c25-18-11-10-15(12-19(18)26)21-13-17(14-6-2-1-3-7-14)22-23(28-21)16-8-4-5-9-20(16)29-24(22)27/h1-13,17H. The number of rotatable bonds is 2. The van der Waals surface area contributed by atoms with Gasteiger partial charge >= 0.3 is 5.63 Å². The Morgan fingerprint density at radius 3 is 2.38 bits per heavy atom. The third-order valence-electron chi connectivity index (χ3n) is 5.00. The van der Waals surface area contributed by atoms with Gasteiger partial charge in [0.2, 0.25) is 0 Å². The molecule has 3 nitrogen and oxygen atoms in total. The minimum Gasteiger partial charge on any atom is -0.456 e. The lowest BCUT2D eigenvalue weighted by atomic mass is 9.88. The maximum atomic E-state index is 12.9. The van der Waals surface area contributed by atoms with E-state index in [9.17, 15) is 4.79 Å². The summed E-state index contributed by atoms with van der Waals surface area (Å²) in [5, 5.41) is 1.65. The Morgan fingerprint density at radius 1 is 0.828 bits per heavy atom. The van der Waals surface area contributed by atoms with E-state index in [2.05, 4.69) is 0 Å². The minimum atomic E-state index is -0.406. The highest BCUT2D eigenvalue weighted by atomic mass is 35.5. The first-order valence-electron chi connectivity index (χ1n) is 9.07. The van der Waals surface area contributed by atoms with Crippen LogP contribution >= 0.6 is 23.2 Å². The fourth-order valence-corrected chi connectivity index (χ4v) is 3.92. The summed E-state index contributed by atoms with van der Waals surface area (Å²) in [6.45, 7) is 0. The molecule has 0 bridgehead atoms. The van der Waals surface area contributed by atoms with E-state index in [0.717, 1.165) is 16.5 Å². The molecule has 1 aliphatic heterocycles. The predicted molar refractivity (Wildman–Crippen MR) is 116 cm³/mol. The van der Waals surface area contributed by atoms with Crippen LogP contribution in [0.15, 0.2) is 88.1 Å². The Balaban J connectivity index is 1.78. The number of hydrogen-bond acceptors (Lipinski definition) is 3. The van der Waals surface area contributed by atoms with Crippen molar-refractivity contribution in [1.82, 2.24) is 0 Å². The molecule has 1 aliphatic rings. The third kappa shape index (κ3) is 3.13. The van der Waals surface area contributed by atoms with Crippen molar-refractivity contribution in [3.63, 3.8) is 0 Å². The van der Waals surface area contributed by atoms with Gasteiger partial charge < -0.3 is 9.15 Å². The van der Waals surface area contributed by atoms with Gasteiger partial charge in [-0.25, -0.2) is 4.79 Å². The van der Waals surface area contributed by atoms with Crippen molar-refractivity contribution in [2.24, 2.45) is 0 Å². The van der Waals surface area contributed by atoms with Crippen LogP contribution in [0.2, 0.25) is 10.0 Å². The Bertz CT molecular complexity index is 1320. The third-order valence-corrected chi connectivity index (χ3v) is 5.74. The van der Waals surface area contributed by atoms with E-state index in [1.54, 1.807) is 18.2 Å². The van der Waals surface area contributed by atoms with Gasteiger partial charge in [-0.05, 0) is 42.0 Å². The molecule has 0 radical (unpaired) electrons. The average molecular weight is 421 g/mol. The highest BCUT2D eigenvalue weighted by molar-refractivity contribution is 6.42. The minimum absolute atomic E-state index is 0.315. The summed E-state index contributed by atoms with van der Waals surface area (Å²) in [6.07, 6.45) is 1.92. The van der Waals surface area contributed by atoms with Crippen LogP contribution in [0.3, 0.4) is 0 Å². The molecule has 0 N–H and O–H groups in total. The zero-order valence-corrected chi connectivity index (χ0v) is 16.6. The van der Waals surface area contributed by atoms with Gasteiger partial charge in [0.05, 0.1) is 21.0 Å². The number of para-hydroxylation sites is 1. The molecule has 1 aromatic heterocycles. The van der Waals surface area contributed by atoms with Crippen molar-refractivity contribution in [3.05, 3.63) is 116 Å². The number of fused-ring (bicyclic) bond motifs is 3. The molecule has 2 heterocycles. The number of halogens is 2. The molecule has 1 unspecified atom stereocenters. The van der Waals surface area contributed by atoms with E-state index in [4.69, 9.17) is 32.4 Å². The summed E-state index contributed by atoms with van der Waals surface area (Å²) in [7, 11) is 0. The number of hydrogen-bond donors (Lipinski definition) is 0. The Morgan fingerprint density at radius 2 is 1.59 bits per heavy atom. The fourth-order valence-electron chi connectivity index (χ4n) is 3.62. The molecule has 142 valence electrons. The second-order valence-corrected chi connectivity index (χ2v) is 7.59. The van der Waals surface area contributed by atoms with Crippen molar-refractivity contribution >= 4 is 39.9 Å². The summed E-state index contributed by atoms with van der Waals surface area (Å²) in [6, 6.07) is 22.5. The second-order valence-electron chi connectivity index (χ2n) is 6.78. The number of benzene rings is 3. The van der Waals surface area contributed by atoms with E-state index in [-0.39, 0.29) is 5.92 Å². The molecule has 29 heavy (non-hydrogen) atoms. The molecule has 0 amide bonds. The highest BCUT2D eigenvalue weighted by Crippen LogP contribution is 2.43. The van der Waals surface area contributed by atoms with Gasteiger partial charge in [0.25, 0.3) is 0 Å². The van der Waals surface area contributed by atoms with E-state index < -0.39 is 5.63 Å². The SMILES string of the molecule is O=c1oc2ccccc2c2c1C(c1ccccc1)C=C(c1ccc(Cl)c(Cl)c1)O2. The van der Waals surface area contributed by atoms with Crippen molar-refractivity contribution in [3.8, 4) is 5.75 Å². The summed E-state index contributed by atoms with van der Waals surface area (Å²) < 4.78 is 11.8. The normalized spacial score (nSPS) is 15.5. The van der Waals surface area contributed by atoms with Crippen LogP contribution in [-0.4, -0.2) is 0 Å². The summed E-state index contributed by atoms with van der Waals surface area (Å²) in [5.41, 5.74) is 2.31. The molecule has 5 rings (SSSR count). The van der Waals surface area contributed by atoms with Crippen molar-refractivity contribution < 1.29 is 9.15 Å². The topological polar surface area (TPSA) is 39.4 Å². The Labute approximate surface area is 176 Å². The molecular weight excluding hydrogens is 407 g/mol. The molecule has 3 aromatic carbocycles. The quantitative estimate of drug-likeness (QED) is 0.340. The van der Waals surface area contributed by atoms with Gasteiger partial charge in [0.15, 0.2) is 0 Å². The van der Waals surface area contributed by atoms with Gasteiger partial charge in [-0.1, -0.05) is 65.7 Å². The summed E-state index contributed by atoms with van der Waals surface area (Å²) >= 11 is 12.3. The van der Waals surface area contributed by atoms with Crippen LogP contribution in [0.5, 0.6) is 5.75 Å². The predicted octanol–water partition coefficient (Wildman–Crippen LogP) is 6.67. The zero-order valence-electron chi connectivity index (χ0n) is 15.1. The molecule has 0 aliphatic carbocycles. The molecule has 0 saturated carbocycles. The smallest absolute Gasteiger partial charge is 0.344 e. The van der Waals surface area contributed by atoms with Crippen LogP contribution in [0.4, 0.5) is 0 Å². The average Bonchev–Trinajstić information content (AvgIpc) is 2.75. The van der Waals surface area contributed by atoms with Crippen LogP contribution in [0.1, 0.15) is 22.6 Å². The van der Waals surface area contributed by atoms with E-state index >= 15 is 0 Å². The number of allylic oxidation sites excluding steroid dienone is 1. The Hall–Kier alpha value is -3.01. The monoisotopic (exact) mass is 420 g/mol. The molecule has 0 spiro atoms. The van der Waals surface area contributed by atoms with Crippen LogP contribution < -0.4 is 10.4 Å². The largest absolute Gasteiger partial charge is 0.456 e. The van der Waals surface area contributed by atoms with Gasteiger partial charge in [-0.3, -0.25) is 0 Å². The molecular formula is C24H14Cl2O3. The lowest BCUT2D eigenvalue weighted by Crippen LogP contribution is -2.19. The first-order valence-corrected chi connectivity index (χ1v) is 9.83. The van der Waals surface area contributed by atoms with Crippen molar-refractivity contribution in [1.29, 1.82) is 0 Å². The van der Waals surface area contributed by atoms with E-state index in [0.29, 0.717) is 32.7 Å². The molecule has 5 heteroatoms. The van der Waals surface area contributed by atoms with E-state index in [1.165, 1.54) is 0 Å². The van der Waals surface area contributed by atoms with Gasteiger partial charge in [-0.2, -0.15) is 0 Å². The highest BCUT2D eigenvalue weighted by Gasteiger charge is 2.30. The maximum absolute atomic E-state index is 12.9. The van der Waals surface area contributed by atoms with Gasteiger partial charge in [-0.15, -0.1) is 0 Å². The lowest BCUT2D eigenvalue weighted by molar-refractivity contribution is 0.472. The van der Waals surface area contributed by atoms with Gasteiger partial charge in [0, 0.05) is 11.5 Å². The lowest BCUT2D eigenvalue weighted by Gasteiger charge is -2.25. The molecule has 1 atom stereocenters. The van der Waals surface area contributed by atoms with E-state index in [1.807, 2.05) is 60.7 Å². The molecule has 0 saturated heterocycles. The van der Waals surface area contributed by atoms with Crippen molar-refractivity contribution in [2.45, 2.75) is 5.92 Å². The zero-order chi connectivity index (χ0) is 20.0. The van der Waals surface area contributed by atoms with Crippen molar-refractivity contribution in [2.75, 3.05) is 0 Å². The first kappa shape index (κ1) is 18.0. The van der Waals surface area contributed by atoms with Crippen LogP contribution in [-0.2, 0) is 0 Å². The summed E-state index contributed by atoms with van der Waals surface area (Å²) in [5.74, 6) is 0.806. The second kappa shape index (κ2) is 7.11. The number of ether oxygens (including phenoxy) is 1.